The minimum atomic E-state index is -3.05. The summed E-state index contributed by atoms with van der Waals surface area (Å²) in [6.45, 7) is 3.02. The Labute approximate surface area is 87.6 Å². The summed E-state index contributed by atoms with van der Waals surface area (Å²) in [5.74, 6) is 0. The van der Waals surface area contributed by atoms with E-state index in [9.17, 15) is 8.42 Å². The van der Waals surface area contributed by atoms with Crippen LogP contribution < -0.4 is 0 Å². The fraction of sp³-hybridized carbons (Fsp3) is 0.625. The predicted octanol–water partition coefficient (Wildman–Crippen LogP) is 0.769. The molecule has 1 aromatic heterocycles. The molecule has 0 spiro atoms. The van der Waals surface area contributed by atoms with Gasteiger partial charge in [-0.05, 0) is 6.92 Å². The Hall–Kier alpha value is -0.460. The van der Waals surface area contributed by atoms with Gasteiger partial charge >= 0.3 is 0 Å². The Morgan fingerprint density at radius 2 is 2.21 bits per heavy atom. The topological polar surface area (TPSA) is 50.3 Å². The molecule has 78 valence electrons. The first kappa shape index (κ1) is 10.1. The summed E-state index contributed by atoms with van der Waals surface area (Å²) in [5.41, 5.74) is 1.08. The van der Waals surface area contributed by atoms with Gasteiger partial charge in [0.2, 0.25) is 10.0 Å². The Bertz CT molecular complexity index is 450. The van der Waals surface area contributed by atoms with Gasteiger partial charge in [-0.1, -0.05) is 0 Å². The maximum Gasteiger partial charge on any atom is 0.211 e. The summed E-state index contributed by atoms with van der Waals surface area (Å²) in [6.07, 6.45) is 2.00. The predicted molar refractivity (Wildman–Crippen MR) is 55.8 cm³/mol. The van der Waals surface area contributed by atoms with Crippen LogP contribution in [0.2, 0.25) is 0 Å². The molecule has 0 saturated carbocycles. The SMILES string of the molecule is Cc1nc2c(s1)CN(S(C)(=O)=O)CC2. The van der Waals surface area contributed by atoms with Crippen LogP contribution in [0.4, 0.5) is 0 Å². The number of aryl methyl sites for hydroxylation is 1. The molecule has 1 aliphatic heterocycles. The van der Waals surface area contributed by atoms with Gasteiger partial charge in [-0.2, -0.15) is 4.31 Å². The first-order valence-electron chi connectivity index (χ1n) is 4.37. The van der Waals surface area contributed by atoms with Crippen molar-refractivity contribution in [1.29, 1.82) is 0 Å². The van der Waals surface area contributed by atoms with Crippen LogP contribution in [0.5, 0.6) is 0 Å². The van der Waals surface area contributed by atoms with Crippen molar-refractivity contribution in [1.82, 2.24) is 9.29 Å². The first-order chi connectivity index (χ1) is 6.47. The van der Waals surface area contributed by atoms with Crippen molar-refractivity contribution in [2.75, 3.05) is 12.8 Å². The molecule has 0 fully saturated rings. The summed E-state index contributed by atoms with van der Waals surface area (Å²) in [5, 5.41) is 1.02. The molecular weight excluding hydrogens is 220 g/mol. The number of fused-ring (bicyclic) bond motifs is 1. The van der Waals surface area contributed by atoms with E-state index in [0.717, 1.165) is 22.0 Å². The van der Waals surface area contributed by atoms with Gasteiger partial charge in [-0.3, -0.25) is 0 Å². The minimum Gasteiger partial charge on any atom is -0.246 e. The summed E-state index contributed by atoms with van der Waals surface area (Å²) in [4.78, 5) is 5.46. The lowest BCUT2D eigenvalue weighted by atomic mass is 10.2. The molecule has 0 N–H and O–H groups in total. The van der Waals surface area contributed by atoms with Crippen LogP contribution in [0.15, 0.2) is 0 Å². The van der Waals surface area contributed by atoms with E-state index in [-0.39, 0.29) is 0 Å². The van der Waals surface area contributed by atoms with E-state index >= 15 is 0 Å². The van der Waals surface area contributed by atoms with Gasteiger partial charge in [-0.25, -0.2) is 13.4 Å². The van der Waals surface area contributed by atoms with Crippen LogP contribution in [0.25, 0.3) is 0 Å². The largest absolute Gasteiger partial charge is 0.246 e. The molecule has 1 aliphatic rings. The van der Waals surface area contributed by atoms with E-state index in [2.05, 4.69) is 4.98 Å². The smallest absolute Gasteiger partial charge is 0.211 e. The highest BCUT2D eigenvalue weighted by Crippen LogP contribution is 2.25. The van der Waals surface area contributed by atoms with E-state index in [4.69, 9.17) is 0 Å². The quantitative estimate of drug-likeness (QED) is 0.718. The molecule has 0 saturated heterocycles. The highest BCUT2D eigenvalue weighted by atomic mass is 32.2. The molecule has 0 atom stereocenters. The van der Waals surface area contributed by atoms with Gasteiger partial charge < -0.3 is 0 Å². The standard InChI is InChI=1S/C8H12N2O2S2/c1-6-9-7-3-4-10(14(2,11)12)5-8(7)13-6/h3-5H2,1-2H3. The van der Waals surface area contributed by atoms with E-state index < -0.39 is 10.0 Å². The lowest BCUT2D eigenvalue weighted by Crippen LogP contribution is -2.34. The fourth-order valence-electron chi connectivity index (χ4n) is 1.58. The zero-order valence-corrected chi connectivity index (χ0v) is 9.78. The monoisotopic (exact) mass is 232 g/mol. The lowest BCUT2D eigenvalue weighted by molar-refractivity contribution is 0.396. The normalized spacial score (nSPS) is 18.1. The molecule has 6 heteroatoms. The van der Waals surface area contributed by atoms with Gasteiger partial charge in [0.05, 0.1) is 17.0 Å². The van der Waals surface area contributed by atoms with Crippen LogP contribution in [0.3, 0.4) is 0 Å². The molecule has 0 radical (unpaired) electrons. The number of thiazole rings is 1. The number of rotatable bonds is 1. The van der Waals surface area contributed by atoms with Gasteiger partial charge in [-0.15, -0.1) is 11.3 Å². The molecule has 0 aromatic carbocycles. The third-order valence-electron chi connectivity index (χ3n) is 2.27. The summed E-state index contributed by atoms with van der Waals surface area (Å²) in [6, 6.07) is 0. The van der Waals surface area contributed by atoms with Crippen molar-refractivity contribution in [2.24, 2.45) is 0 Å². The number of nitrogens with zero attached hydrogens (tertiary/aromatic N) is 2. The van der Waals surface area contributed by atoms with E-state index in [1.54, 1.807) is 11.3 Å². The van der Waals surface area contributed by atoms with Crippen molar-refractivity contribution in [3.8, 4) is 0 Å². The summed E-state index contributed by atoms with van der Waals surface area (Å²) < 4.78 is 24.1. The molecule has 2 rings (SSSR count). The molecule has 0 unspecified atom stereocenters. The number of sulfonamides is 1. The summed E-state index contributed by atoms with van der Waals surface area (Å²) in [7, 11) is -3.05. The van der Waals surface area contributed by atoms with Crippen LogP contribution in [-0.2, 0) is 23.0 Å². The molecular formula is C8H12N2O2S2. The molecule has 0 bridgehead atoms. The fourth-order valence-corrected chi connectivity index (χ4v) is 3.45. The van der Waals surface area contributed by atoms with Crippen LogP contribution in [0, 0.1) is 6.92 Å². The van der Waals surface area contributed by atoms with Crippen molar-refractivity contribution in [3.63, 3.8) is 0 Å². The zero-order valence-electron chi connectivity index (χ0n) is 8.15. The highest BCUT2D eigenvalue weighted by Gasteiger charge is 2.25. The highest BCUT2D eigenvalue weighted by molar-refractivity contribution is 7.88. The summed E-state index contributed by atoms with van der Waals surface area (Å²) >= 11 is 1.59. The second-order valence-electron chi connectivity index (χ2n) is 3.45. The van der Waals surface area contributed by atoms with Crippen LogP contribution in [-0.4, -0.2) is 30.5 Å². The number of aromatic nitrogens is 1. The molecule has 4 nitrogen and oxygen atoms in total. The third-order valence-corrected chi connectivity index (χ3v) is 4.52. The van der Waals surface area contributed by atoms with Crippen molar-refractivity contribution in [3.05, 3.63) is 15.6 Å². The van der Waals surface area contributed by atoms with E-state index in [1.807, 2.05) is 6.92 Å². The lowest BCUT2D eigenvalue weighted by Gasteiger charge is -2.23. The van der Waals surface area contributed by atoms with Crippen molar-refractivity contribution >= 4 is 21.4 Å². The van der Waals surface area contributed by atoms with Gasteiger partial charge in [0.1, 0.15) is 0 Å². The Kier molecular flexibility index (Phi) is 2.36. The van der Waals surface area contributed by atoms with Gasteiger partial charge in [0.25, 0.3) is 0 Å². The second-order valence-corrected chi connectivity index (χ2v) is 6.72. The van der Waals surface area contributed by atoms with Gasteiger partial charge in [0, 0.05) is 24.4 Å². The zero-order chi connectivity index (χ0) is 10.3. The number of hydrogen-bond acceptors (Lipinski definition) is 4. The average Bonchev–Trinajstić information content (AvgIpc) is 2.41. The Balaban J connectivity index is 2.30. The van der Waals surface area contributed by atoms with Crippen LogP contribution >= 0.6 is 11.3 Å². The first-order valence-corrected chi connectivity index (χ1v) is 7.03. The maximum atomic E-state index is 11.3. The molecule has 0 aliphatic carbocycles. The van der Waals surface area contributed by atoms with Crippen molar-refractivity contribution in [2.45, 2.75) is 19.9 Å². The Morgan fingerprint density at radius 1 is 1.50 bits per heavy atom. The maximum absolute atomic E-state index is 11.3. The minimum absolute atomic E-state index is 0.500. The molecule has 0 amide bonds. The molecule has 2 heterocycles. The van der Waals surface area contributed by atoms with E-state index in [0.29, 0.717) is 13.1 Å². The Morgan fingerprint density at radius 3 is 2.86 bits per heavy atom. The van der Waals surface area contributed by atoms with E-state index in [1.165, 1.54) is 10.6 Å². The molecule has 14 heavy (non-hydrogen) atoms. The number of hydrogen-bond donors (Lipinski definition) is 0. The second kappa shape index (κ2) is 3.29. The molecule has 1 aromatic rings. The van der Waals surface area contributed by atoms with Crippen molar-refractivity contribution < 1.29 is 8.42 Å². The average molecular weight is 232 g/mol. The third kappa shape index (κ3) is 1.82. The van der Waals surface area contributed by atoms with Gasteiger partial charge in [0.15, 0.2) is 0 Å². The van der Waals surface area contributed by atoms with Crippen LogP contribution in [0.1, 0.15) is 15.6 Å².